The molecule has 358 valence electrons. The van der Waals surface area contributed by atoms with Crippen LogP contribution >= 0.6 is 0 Å². The zero-order chi connectivity index (χ0) is 47.7. The normalized spacial score (nSPS) is 19.8. The lowest BCUT2D eigenvalue weighted by atomic mass is 9.91. The van der Waals surface area contributed by atoms with Crippen molar-refractivity contribution < 1.29 is 32.5 Å². The molecule has 2 aromatic heterocycles. The number of ether oxygens (including phenoxy) is 4. The van der Waals surface area contributed by atoms with Gasteiger partial charge in [-0.3, -0.25) is 9.88 Å². The van der Waals surface area contributed by atoms with E-state index in [0.717, 1.165) is 45.6 Å². The maximum atomic E-state index is 18.0. The molecule has 7 rings (SSSR count). The van der Waals surface area contributed by atoms with Crippen molar-refractivity contribution in [2.24, 2.45) is 5.92 Å². The van der Waals surface area contributed by atoms with Gasteiger partial charge >= 0.3 is 12.1 Å². The van der Waals surface area contributed by atoms with E-state index in [2.05, 4.69) is 82.0 Å². The molecule has 1 amide bonds. The Morgan fingerprint density at radius 1 is 1.02 bits per heavy atom. The highest BCUT2D eigenvalue weighted by Crippen LogP contribution is 2.46. The number of amides is 1. The summed E-state index contributed by atoms with van der Waals surface area (Å²) in [4.78, 5) is 34.9. The third-order valence-corrected chi connectivity index (χ3v) is 20.4. The van der Waals surface area contributed by atoms with Gasteiger partial charge in [0, 0.05) is 76.0 Å². The van der Waals surface area contributed by atoms with E-state index < -0.39 is 30.8 Å². The predicted molar refractivity (Wildman–Crippen MR) is 261 cm³/mol. The summed E-state index contributed by atoms with van der Waals surface area (Å²) in [5.74, 6) is 3.17. The minimum atomic E-state index is -2.31. The van der Waals surface area contributed by atoms with Crippen LogP contribution < -0.4 is 19.7 Å². The van der Waals surface area contributed by atoms with Gasteiger partial charge in [-0.2, -0.15) is 9.97 Å². The minimum absolute atomic E-state index is 0.0217. The first kappa shape index (κ1) is 49.3. The van der Waals surface area contributed by atoms with Crippen LogP contribution in [0.5, 0.6) is 11.8 Å². The van der Waals surface area contributed by atoms with E-state index in [0.29, 0.717) is 76.0 Å². The lowest BCUT2D eigenvalue weighted by Crippen LogP contribution is -2.64. The molecule has 3 saturated heterocycles. The van der Waals surface area contributed by atoms with Gasteiger partial charge in [0.15, 0.2) is 12.6 Å². The van der Waals surface area contributed by atoms with Crippen LogP contribution in [0.25, 0.3) is 32.9 Å². The van der Waals surface area contributed by atoms with E-state index in [1.807, 2.05) is 25.7 Å². The quantitative estimate of drug-likeness (QED) is 0.0741. The highest BCUT2D eigenvalue weighted by Gasteiger charge is 2.54. The molecule has 0 spiro atoms. The molecule has 66 heavy (non-hydrogen) atoms. The van der Waals surface area contributed by atoms with Crippen molar-refractivity contribution in [3.63, 3.8) is 0 Å². The average molecular weight is 928 g/mol. The van der Waals surface area contributed by atoms with Crippen molar-refractivity contribution >= 4 is 41.7 Å². The number of anilines is 1. The number of carbonyl (C=O) groups excluding carboxylic acids is 1. The molecule has 0 aliphatic carbocycles. The summed E-state index contributed by atoms with van der Waals surface area (Å²) in [5, 5.41) is 4.86. The number of rotatable bonds is 14. The number of pyridine rings is 1. The monoisotopic (exact) mass is 928 g/mol. The van der Waals surface area contributed by atoms with E-state index in [-0.39, 0.29) is 47.6 Å². The summed E-state index contributed by atoms with van der Waals surface area (Å²) in [5.41, 5.74) is 3.95. The van der Waals surface area contributed by atoms with Gasteiger partial charge in [-0.1, -0.05) is 67.4 Å². The van der Waals surface area contributed by atoms with Crippen LogP contribution in [0, 0.1) is 29.0 Å². The topological polar surface area (TPSA) is 114 Å². The molecular weight excluding hydrogens is 857 g/mol. The second kappa shape index (κ2) is 19.9. The summed E-state index contributed by atoms with van der Waals surface area (Å²) in [6.07, 6.45) is 3.56. The van der Waals surface area contributed by atoms with Crippen LogP contribution in [0.15, 0.2) is 30.5 Å². The van der Waals surface area contributed by atoms with Crippen molar-refractivity contribution in [2.45, 2.75) is 129 Å². The van der Waals surface area contributed by atoms with Crippen LogP contribution in [0.4, 0.5) is 19.4 Å². The molecule has 1 N–H and O–H groups in total. The highest BCUT2D eigenvalue weighted by atomic mass is 28.3. The Hall–Kier alpha value is -4.62. The number of aromatic nitrogens is 3. The Morgan fingerprint density at radius 2 is 1.73 bits per heavy atom. The third-order valence-electron chi connectivity index (χ3n) is 14.1. The van der Waals surface area contributed by atoms with Crippen molar-refractivity contribution in [3.8, 4) is 34.5 Å². The molecule has 5 heterocycles. The molecule has 0 radical (unpaired) electrons. The molecule has 3 aliphatic rings. The molecular formula is C51H71F2N7O5Si. The van der Waals surface area contributed by atoms with E-state index in [4.69, 9.17) is 33.9 Å². The van der Waals surface area contributed by atoms with Gasteiger partial charge in [0.1, 0.15) is 42.3 Å². The number of halogens is 2. The highest BCUT2D eigenvalue weighted by molar-refractivity contribution is 6.90. The fraction of sp³-hybridized carbons (Fsp3) is 0.608. The number of methoxy groups -OCH3 is 1. The number of hydrogen-bond acceptors (Lipinski definition) is 11. The molecule has 0 saturated carbocycles. The largest absolute Gasteiger partial charge is 0.468 e. The maximum absolute atomic E-state index is 18.0. The summed E-state index contributed by atoms with van der Waals surface area (Å²) in [6, 6.07) is 6.44. The van der Waals surface area contributed by atoms with Gasteiger partial charge in [-0.15, -0.1) is 5.54 Å². The van der Waals surface area contributed by atoms with Crippen LogP contribution in [0.3, 0.4) is 0 Å². The molecule has 15 heteroatoms. The molecule has 2 unspecified atom stereocenters. The number of nitrogens with zero attached hydrogens (tertiary/aromatic N) is 6. The zero-order valence-corrected chi connectivity index (χ0v) is 42.2. The summed E-state index contributed by atoms with van der Waals surface area (Å²) in [7, 11) is -0.789. The fourth-order valence-electron chi connectivity index (χ4n) is 11.0. The third kappa shape index (κ3) is 9.84. The van der Waals surface area contributed by atoms with Gasteiger partial charge in [0.25, 0.3) is 0 Å². The van der Waals surface area contributed by atoms with E-state index in [1.165, 1.54) is 13.2 Å². The first-order chi connectivity index (χ1) is 31.3. The van der Waals surface area contributed by atoms with Gasteiger partial charge < -0.3 is 34.1 Å². The number of fused-ring (bicyclic) bond motifs is 4. The molecule has 3 atom stereocenters. The molecule has 2 aromatic carbocycles. The van der Waals surface area contributed by atoms with Crippen molar-refractivity contribution in [3.05, 3.63) is 47.7 Å². The first-order valence-corrected chi connectivity index (χ1v) is 26.2. The van der Waals surface area contributed by atoms with E-state index in [9.17, 15) is 4.79 Å². The molecule has 12 nitrogen and oxygen atoms in total. The minimum Gasteiger partial charge on any atom is -0.468 e. The Labute approximate surface area is 391 Å². The van der Waals surface area contributed by atoms with E-state index in [1.54, 1.807) is 24.4 Å². The SMILES string of the molecule is CCC12CCC(CN(c3nc(OC[C@H](C)CN4CCNCC4)nc4c(F)c(-c5cc(OCOC)cc6ccc(F)c(C#C[Si](C(C)C)(C(C)C)C(C)C)c56)ncc34)C1)N2C(=O)OC(C)(C)C. The van der Waals surface area contributed by atoms with Crippen molar-refractivity contribution in [1.82, 2.24) is 30.1 Å². The predicted octanol–water partition coefficient (Wildman–Crippen LogP) is 9.96. The second-order valence-corrected chi connectivity index (χ2v) is 26.3. The van der Waals surface area contributed by atoms with Crippen LogP contribution in [-0.4, -0.2) is 122 Å². The Morgan fingerprint density at radius 3 is 2.38 bits per heavy atom. The summed E-state index contributed by atoms with van der Waals surface area (Å²) < 4.78 is 58.0. The van der Waals surface area contributed by atoms with Crippen molar-refractivity contribution in [1.29, 1.82) is 0 Å². The zero-order valence-electron chi connectivity index (χ0n) is 41.2. The van der Waals surface area contributed by atoms with Crippen LogP contribution in [-0.2, 0) is 9.47 Å². The number of piperazine rings is 2. The van der Waals surface area contributed by atoms with Crippen molar-refractivity contribution in [2.75, 3.05) is 71.2 Å². The second-order valence-electron chi connectivity index (χ2n) is 20.7. The lowest BCUT2D eigenvalue weighted by Gasteiger charge is -2.49. The number of carbonyl (C=O) groups is 1. The fourth-order valence-corrected chi connectivity index (χ4v) is 16.2. The molecule has 3 aliphatic heterocycles. The van der Waals surface area contributed by atoms with Gasteiger partial charge in [-0.05, 0) is 80.2 Å². The molecule has 3 fully saturated rings. The number of benzene rings is 2. The smallest absolute Gasteiger partial charge is 0.411 e. The van der Waals surface area contributed by atoms with Crippen LogP contribution in [0.2, 0.25) is 16.6 Å². The molecule has 2 bridgehead atoms. The maximum Gasteiger partial charge on any atom is 0.411 e. The lowest BCUT2D eigenvalue weighted by molar-refractivity contribution is -0.00736. The first-order valence-electron chi connectivity index (χ1n) is 23.9. The number of nitrogens with one attached hydrogen (secondary N) is 1. The average Bonchev–Trinajstić information content (AvgIpc) is 3.51. The Balaban J connectivity index is 1.39. The van der Waals surface area contributed by atoms with Crippen LogP contribution in [0.1, 0.15) is 101 Å². The standard InChI is InChI=1S/C51H71F2N7O5Si/c1-13-51-18-16-37(60(51)49(61)65-50(9,10)11)28-59(30-51)47-41-26-55-45(44(53)46(41)56-48(57-47)63-29-35(8)27-58-21-19-54-20-22-58)40-25-38(64-31-62-12)24-36-14-15-42(52)39(43(36)40)17-23-66(32(2)3,33(4)5)34(6)7/h14-15,24-26,32-35,37,54H,13,16,18-22,27-31H2,1-12H3/t35-,37?,51?/m1/s1. The van der Waals surface area contributed by atoms with Gasteiger partial charge in [0.05, 0.1) is 29.1 Å². The van der Waals surface area contributed by atoms with E-state index >= 15 is 8.78 Å². The molecule has 4 aromatic rings. The summed E-state index contributed by atoms with van der Waals surface area (Å²) in [6.45, 7) is 29.0. The number of hydrogen-bond donors (Lipinski definition) is 1. The summed E-state index contributed by atoms with van der Waals surface area (Å²) >= 11 is 0. The van der Waals surface area contributed by atoms with Gasteiger partial charge in [-0.25, -0.2) is 13.6 Å². The Kier molecular flexibility index (Phi) is 14.9. The van der Waals surface area contributed by atoms with Gasteiger partial charge in [0.2, 0.25) is 0 Å². The Bertz CT molecular complexity index is 2440.